The first kappa shape index (κ1) is 18.1. The molecule has 2 saturated heterocycles. The average molecular weight is 370 g/mol. The number of hydrogen-bond acceptors (Lipinski definition) is 8. The standard InChI is InChI=1S/C19H26N6O2/c1-2-15-10-18(23-19(22-15)24-5-7-27-8-6-24)25-12-14(17(26)13-25)9-16-11-20-3-4-21-16/h3-4,10-11,14,17,26H,2,5-9,12-13H2,1H3/t14-,17-/m1/s1. The van der Waals surface area contributed by atoms with Gasteiger partial charge in [0.1, 0.15) is 5.82 Å². The second-order valence-electron chi connectivity index (χ2n) is 7.10. The van der Waals surface area contributed by atoms with Crippen molar-refractivity contribution < 1.29 is 9.84 Å². The molecule has 0 aromatic carbocycles. The molecule has 2 aromatic rings. The summed E-state index contributed by atoms with van der Waals surface area (Å²) in [4.78, 5) is 22.3. The van der Waals surface area contributed by atoms with E-state index in [1.807, 2.05) is 6.07 Å². The van der Waals surface area contributed by atoms with E-state index in [1.165, 1.54) is 0 Å². The van der Waals surface area contributed by atoms with E-state index in [-0.39, 0.29) is 5.92 Å². The van der Waals surface area contributed by atoms with Crippen molar-refractivity contribution in [3.05, 3.63) is 36.0 Å². The summed E-state index contributed by atoms with van der Waals surface area (Å²) in [6.07, 6.45) is 6.30. The van der Waals surface area contributed by atoms with Gasteiger partial charge in [0.15, 0.2) is 0 Å². The highest BCUT2D eigenvalue weighted by atomic mass is 16.5. The van der Waals surface area contributed by atoms with Gasteiger partial charge in [-0.15, -0.1) is 0 Å². The normalized spacial score (nSPS) is 23.0. The molecule has 4 rings (SSSR count). The lowest BCUT2D eigenvalue weighted by Gasteiger charge is -2.28. The van der Waals surface area contributed by atoms with Crippen LogP contribution in [-0.2, 0) is 17.6 Å². The highest BCUT2D eigenvalue weighted by Crippen LogP contribution is 2.27. The van der Waals surface area contributed by atoms with Crippen LogP contribution >= 0.6 is 0 Å². The van der Waals surface area contributed by atoms with Crippen molar-refractivity contribution in [1.82, 2.24) is 19.9 Å². The molecule has 0 bridgehead atoms. The molecular formula is C19H26N6O2. The molecule has 144 valence electrons. The second kappa shape index (κ2) is 8.14. The van der Waals surface area contributed by atoms with Gasteiger partial charge in [-0.2, -0.15) is 4.98 Å². The number of aromatic nitrogens is 4. The molecule has 2 aliphatic rings. The van der Waals surface area contributed by atoms with Crippen LogP contribution in [0.5, 0.6) is 0 Å². The Morgan fingerprint density at radius 3 is 2.70 bits per heavy atom. The summed E-state index contributed by atoms with van der Waals surface area (Å²) in [5.41, 5.74) is 1.93. The first-order valence-electron chi connectivity index (χ1n) is 9.61. The number of β-amino-alcohol motifs (C(OH)–C–C–N with tert-alkyl or cyclic N) is 1. The number of aryl methyl sites for hydroxylation is 1. The predicted octanol–water partition coefficient (Wildman–Crippen LogP) is 0.705. The molecule has 0 amide bonds. The molecule has 0 radical (unpaired) electrons. The van der Waals surface area contributed by atoms with E-state index in [2.05, 4.69) is 26.7 Å². The molecule has 1 N–H and O–H groups in total. The molecular weight excluding hydrogens is 344 g/mol. The van der Waals surface area contributed by atoms with Crippen molar-refractivity contribution >= 4 is 11.8 Å². The van der Waals surface area contributed by atoms with Crippen LogP contribution in [0.2, 0.25) is 0 Å². The van der Waals surface area contributed by atoms with E-state index >= 15 is 0 Å². The van der Waals surface area contributed by atoms with Gasteiger partial charge in [0.2, 0.25) is 5.95 Å². The van der Waals surface area contributed by atoms with Crippen molar-refractivity contribution in [3.63, 3.8) is 0 Å². The van der Waals surface area contributed by atoms with E-state index in [0.29, 0.717) is 26.2 Å². The molecule has 8 heteroatoms. The first-order chi connectivity index (χ1) is 13.2. The van der Waals surface area contributed by atoms with Crippen LogP contribution in [0.4, 0.5) is 11.8 Å². The fraction of sp³-hybridized carbons (Fsp3) is 0.579. The van der Waals surface area contributed by atoms with Crippen molar-refractivity contribution in [2.45, 2.75) is 25.9 Å². The molecule has 0 aliphatic carbocycles. The van der Waals surface area contributed by atoms with Gasteiger partial charge >= 0.3 is 0 Å². The van der Waals surface area contributed by atoms with Crippen LogP contribution in [0.3, 0.4) is 0 Å². The van der Waals surface area contributed by atoms with Crippen LogP contribution in [0.25, 0.3) is 0 Å². The number of morpholine rings is 1. The summed E-state index contributed by atoms with van der Waals surface area (Å²) < 4.78 is 5.44. The maximum Gasteiger partial charge on any atom is 0.227 e. The zero-order chi connectivity index (χ0) is 18.6. The molecule has 2 fully saturated rings. The van der Waals surface area contributed by atoms with Crippen LogP contribution in [-0.4, -0.2) is 70.5 Å². The Morgan fingerprint density at radius 2 is 1.96 bits per heavy atom. The van der Waals surface area contributed by atoms with Crippen LogP contribution in [0, 0.1) is 5.92 Å². The van der Waals surface area contributed by atoms with Crippen LogP contribution in [0.1, 0.15) is 18.3 Å². The largest absolute Gasteiger partial charge is 0.391 e. The van der Waals surface area contributed by atoms with Crippen molar-refractivity contribution in [2.75, 3.05) is 49.2 Å². The third-order valence-corrected chi connectivity index (χ3v) is 5.23. The summed E-state index contributed by atoms with van der Waals surface area (Å²) in [5, 5.41) is 10.6. The van der Waals surface area contributed by atoms with Crippen LogP contribution in [0.15, 0.2) is 24.7 Å². The van der Waals surface area contributed by atoms with Crippen LogP contribution < -0.4 is 9.80 Å². The van der Waals surface area contributed by atoms with E-state index in [9.17, 15) is 5.11 Å². The Kier molecular flexibility index (Phi) is 5.45. The predicted molar refractivity (Wildman–Crippen MR) is 102 cm³/mol. The molecule has 0 spiro atoms. The Morgan fingerprint density at radius 1 is 1.11 bits per heavy atom. The Bertz CT molecular complexity index is 753. The fourth-order valence-electron chi connectivity index (χ4n) is 3.66. The molecule has 2 aromatic heterocycles. The SMILES string of the molecule is CCc1cc(N2C[C@@H](Cc3cnccn3)[C@H](O)C2)nc(N2CCOCC2)n1. The number of ether oxygens (including phenoxy) is 1. The zero-order valence-corrected chi connectivity index (χ0v) is 15.7. The summed E-state index contributed by atoms with van der Waals surface area (Å²) in [5.74, 6) is 1.78. The molecule has 27 heavy (non-hydrogen) atoms. The molecule has 2 aliphatic heterocycles. The second-order valence-corrected chi connectivity index (χ2v) is 7.10. The van der Waals surface area contributed by atoms with Crippen molar-refractivity contribution in [1.29, 1.82) is 0 Å². The highest BCUT2D eigenvalue weighted by molar-refractivity contribution is 5.47. The smallest absolute Gasteiger partial charge is 0.227 e. The monoisotopic (exact) mass is 370 g/mol. The number of aliphatic hydroxyl groups excluding tert-OH is 1. The molecule has 8 nitrogen and oxygen atoms in total. The maximum atomic E-state index is 10.6. The number of rotatable bonds is 5. The van der Waals surface area contributed by atoms with Crippen molar-refractivity contribution in [2.24, 2.45) is 5.92 Å². The maximum absolute atomic E-state index is 10.6. The summed E-state index contributed by atoms with van der Waals surface area (Å²) in [7, 11) is 0. The highest BCUT2D eigenvalue weighted by Gasteiger charge is 2.33. The van der Waals surface area contributed by atoms with Gasteiger partial charge in [0.05, 0.1) is 25.0 Å². The summed E-state index contributed by atoms with van der Waals surface area (Å²) in [6.45, 7) is 6.46. The molecule has 0 unspecified atom stereocenters. The Hall–Kier alpha value is -2.32. The van der Waals surface area contributed by atoms with E-state index < -0.39 is 6.10 Å². The van der Waals surface area contributed by atoms with Gasteiger partial charge in [-0.25, -0.2) is 4.98 Å². The Labute approximate surface area is 159 Å². The number of aliphatic hydroxyl groups is 1. The van der Waals surface area contributed by atoms with E-state index in [4.69, 9.17) is 14.7 Å². The molecule has 4 heterocycles. The van der Waals surface area contributed by atoms with E-state index in [0.717, 1.165) is 49.2 Å². The van der Waals surface area contributed by atoms with Gasteiger partial charge < -0.3 is 19.6 Å². The average Bonchev–Trinajstić information content (AvgIpc) is 3.09. The van der Waals surface area contributed by atoms with Gasteiger partial charge in [-0.3, -0.25) is 9.97 Å². The number of nitrogens with zero attached hydrogens (tertiary/aromatic N) is 6. The minimum atomic E-state index is -0.404. The third kappa shape index (κ3) is 4.17. The molecule has 0 saturated carbocycles. The first-order valence-corrected chi connectivity index (χ1v) is 9.61. The van der Waals surface area contributed by atoms with E-state index in [1.54, 1.807) is 18.6 Å². The lowest BCUT2D eigenvalue weighted by atomic mass is 10.0. The summed E-state index contributed by atoms with van der Waals surface area (Å²) in [6, 6.07) is 2.04. The van der Waals surface area contributed by atoms with Gasteiger partial charge in [0, 0.05) is 62.4 Å². The lowest BCUT2D eigenvalue weighted by Crippen LogP contribution is -2.38. The van der Waals surface area contributed by atoms with Crippen molar-refractivity contribution in [3.8, 4) is 0 Å². The lowest BCUT2D eigenvalue weighted by molar-refractivity contribution is 0.122. The third-order valence-electron chi connectivity index (χ3n) is 5.23. The summed E-state index contributed by atoms with van der Waals surface area (Å²) >= 11 is 0. The molecule has 2 atom stereocenters. The van der Waals surface area contributed by atoms with Gasteiger partial charge in [-0.1, -0.05) is 6.92 Å². The van der Waals surface area contributed by atoms with Gasteiger partial charge in [-0.05, 0) is 12.8 Å². The number of hydrogen-bond donors (Lipinski definition) is 1. The van der Waals surface area contributed by atoms with Gasteiger partial charge in [0.25, 0.3) is 0 Å². The minimum Gasteiger partial charge on any atom is -0.391 e. The number of anilines is 2. The Balaban J connectivity index is 1.52. The minimum absolute atomic E-state index is 0.119. The zero-order valence-electron chi connectivity index (χ0n) is 15.7. The topological polar surface area (TPSA) is 87.5 Å². The fourth-order valence-corrected chi connectivity index (χ4v) is 3.66. The quantitative estimate of drug-likeness (QED) is 0.823.